The molecule has 0 bridgehead atoms. The van der Waals surface area contributed by atoms with Crippen molar-refractivity contribution in [2.75, 3.05) is 26.9 Å². The first-order valence-corrected chi connectivity index (χ1v) is 3.92. The topological polar surface area (TPSA) is 71.1 Å². The highest BCUT2D eigenvalue weighted by molar-refractivity contribution is 5.60. The summed E-state index contributed by atoms with van der Waals surface area (Å²) in [7, 11) is 1.07. The molecule has 0 atom stereocenters. The molecule has 9 heteroatoms. The molecule has 0 heterocycles. The Labute approximate surface area is 88.2 Å². The molecule has 0 radical (unpaired) electrons. The normalized spacial score (nSPS) is 10.5. The van der Waals surface area contributed by atoms with Crippen LogP contribution in [0.15, 0.2) is 0 Å². The molecule has 0 rings (SSSR count). The molecule has 94 valence electrons. The van der Waals surface area contributed by atoms with Crippen LogP contribution >= 0.6 is 0 Å². The number of halogens is 3. The first-order valence-electron chi connectivity index (χ1n) is 3.92. The van der Waals surface area contributed by atoms with Crippen LogP contribution in [0.3, 0.4) is 0 Å². The molecule has 0 aromatic heterocycles. The van der Waals surface area contributed by atoms with E-state index in [0.29, 0.717) is 0 Å². The average Bonchev–Trinajstić information content (AvgIpc) is 2.20. The van der Waals surface area contributed by atoms with Crippen molar-refractivity contribution < 1.29 is 41.7 Å². The van der Waals surface area contributed by atoms with Crippen LogP contribution in [0, 0.1) is 0 Å². The maximum Gasteiger partial charge on any atom is 0.508 e. The third kappa shape index (κ3) is 8.91. The van der Waals surface area contributed by atoms with Crippen molar-refractivity contribution >= 4 is 12.3 Å². The Hall–Kier alpha value is -1.67. The molecule has 0 aromatic rings. The molecule has 0 saturated carbocycles. The molecule has 0 aliphatic heterocycles. The quantitative estimate of drug-likeness (QED) is 0.552. The standard InChI is InChI=1S/C7H9F3O6/c1-13-5(11)14-2-3-15-6(12)16-4-7(8,9)10/h2-4H2,1H3. The number of alkyl halides is 3. The second-order valence-electron chi connectivity index (χ2n) is 2.30. The lowest BCUT2D eigenvalue weighted by atomic mass is 10.7. The van der Waals surface area contributed by atoms with Crippen LogP contribution in [-0.2, 0) is 18.9 Å². The molecule has 0 N–H and O–H groups in total. The molecular weight excluding hydrogens is 237 g/mol. The summed E-state index contributed by atoms with van der Waals surface area (Å²) in [4.78, 5) is 20.8. The monoisotopic (exact) mass is 246 g/mol. The first kappa shape index (κ1) is 14.3. The Morgan fingerprint density at radius 1 is 1.00 bits per heavy atom. The van der Waals surface area contributed by atoms with Gasteiger partial charge < -0.3 is 18.9 Å². The lowest BCUT2D eigenvalue weighted by Gasteiger charge is -2.08. The second kappa shape index (κ2) is 6.75. The second-order valence-corrected chi connectivity index (χ2v) is 2.30. The van der Waals surface area contributed by atoms with Crippen LogP contribution in [0.4, 0.5) is 22.8 Å². The largest absolute Gasteiger partial charge is 0.508 e. The van der Waals surface area contributed by atoms with Gasteiger partial charge in [-0.05, 0) is 0 Å². The Kier molecular flexibility index (Phi) is 6.04. The lowest BCUT2D eigenvalue weighted by molar-refractivity contribution is -0.165. The third-order valence-electron chi connectivity index (χ3n) is 1.04. The van der Waals surface area contributed by atoms with E-state index in [1.165, 1.54) is 0 Å². The molecule has 0 aliphatic carbocycles. The molecule has 0 fully saturated rings. The van der Waals surface area contributed by atoms with Gasteiger partial charge in [-0.15, -0.1) is 0 Å². The zero-order valence-electron chi connectivity index (χ0n) is 8.20. The van der Waals surface area contributed by atoms with Gasteiger partial charge in [0.2, 0.25) is 0 Å². The highest BCUT2D eigenvalue weighted by Gasteiger charge is 2.29. The third-order valence-corrected chi connectivity index (χ3v) is 1.04. The smallest absolute Gasteiger partial charge is 0.438 e. The predicted octanol–water partition coefficient (Wildman–Crippen LogP) is 1.48. The average molecular weight is 246 g/mol. The SMILES string of the molecule is COC(=O)OCCOC(=O)OCC(F)(F)F. The van der Waals surface area contributed by atoms with Crippen LogP contribution in [0.2, 0.25) is 0 Å². The molecule has 0 unspecified atom stereocenters. The zero-order valence-corrected chi connectivity index (χ0v) is 8.20. The number of hydrogen-bond acceptors (Lipinski definition) is 6. The van der Waals surface area contributed by atoms with Crippen molar-refractivity contribution in [2.24, 2.45) is 0 Å². The Morgan fingerprint density at radius 3 is 1.94 bits per heavy atom. The highest BCUT2D eigenvalue weighted by Crippen LogP contribution is 2.14. The van der Waals surface area contributed by atoms with E-state index in [4.69, 9.17) is 0 Å². The molecule has 0 amide bonds. The molecule has 16 heavy (non-hydrogen) atoms. The minimum absolute atomic E-state index is 0.339. The van der Waals surface area contributed by atoms with Crippen LogP contribution in [-0.4, -0.2) is 45.4 Å². The maximum atomic E-state index is 11.5. The van der Waals surface area contributed by atoms with E-state index >= 15 is 0 Å². The van der Waals surface area contributed by atoms with Gasteiger partial charge in [0.05, 0.1) is 7.11 Å². The number of carbonyl (C=O) groups is 2. The molecule has 0 spiro atoms. The highest BCUT2D eigenvalue weighted by atomic mass is 19.4. The van der Waals surface area contributed by atoms with Gasteiger partial charge in [-0.2, -0.15) is 13.2 Å². The van der Waals surface area contributed by atoms with Crippen LogP contribution in [0.5, 0.6) is 0 Å². The van der Waals surface area contributed by atoms with E-state index in [1.54, 1.807) is 0 Å². The molecular formula is C7H9F3O6. The van der Waals surface area contributed by atoms with Crippen molar-refractivity contribution in [1.29, 1.82) is 0 Å². The summed E-state index contributed by atoms with van der Waals surface area (Å²) in [6.45, 7) is -2.50. The molecule has 6 nitrogen and oxygen atoms in total. The Balaban J connectivity index is 3.48. The molecule has 0 aromatic carbocycles. The van der Waals surface area contributed by atoms with Crippen molar-refractivity contribution in [3.05, 3.63) is 0 Å². The molecule has 0 aliphatic rings. The number of methoxy groups -OCH3 is 1. The van der Waals surface area contributed by atoms with E-state index < -0.39 is 31.7 Å². The fourth-order valence-electron chi connectivity index (χ4n) is 0.491. The van der Waals surface area contributed by atoms with Crippen LogP contribution in [0.1, 0.15) is 0 Å². The first-order chi connectivity index (χ1) is 7.35. The lowest BCUT2D eigenvalue weighted by Crippen LogP contribution is -2.22. The summed E-state index contributed by atoms with van der Waals surface area (Å²) in [5, 5.41) is 0. The fraction of sp³-hybridized carbons (Fsp3) is 0.714. The number of ether oxygens (including phenoxy) is 4. The van der Waals surface area contributed by atoms with E-state index in [9.17, 15) is 22.8 Å². The van der Waals surface area contributed by atoms with Gasteiger partial charge >= 0.3 is 18.5 Å². The van der Waals surface area contributed by atoms with Crippen molar-refractivity contribution in [2.45, 2.75) is 6.18 Å². The summed E-state index contributed by atoms with van der Waals surface area (Å²) in [6, 6.07) is 0. The van der Waals surface area contributed by atoms with Crippen molar-refractivity contribution in [3.63, 3.8) is 0 Å². The minimum Gasteiger partial charge on any atom is -0.438 e. The maximum absolute atomic E-state index is 11.5. The summed E-state index contributed by atoms with van der Waals surface area (Å²) >= 11 is 0. The summed E-state index contributed by atoms with van der Waals surface area (Å²) in [5.41, 5.74) is 0. The van der Waals surface area contributed by atoms with E-state index in [1.807, 2.05) is 0 Å². The summed E-state index contributed by atoms with van der Waals surface area (Å²) in [5.74, 6) is 0. The fourth-order valence-corrected chi connectivity index (χ4v) is 0.491. The van der Waals surface area contributed by atoms with Crippen molar-refractivity contribution in [1.82, 2.24) is 0 Å². The van der Waals surface area contributed by atoms with Gasteiger partial charge in [-0.1, -0.05) is 0 Å². The molecule has 0 saturated heterocycles. The zero-order chi connectivity index (χ0) is 12.6. The minimum atomic E-state index is -4.61. The predicted molar refractivity (Wildman–Crippen MR) is 41.7 cm³/mol. The summed E-state index contributed by atoms with van der Waals surface area (Å²) < 4.78 is 50.8. The van der Waals surface area contributed by atoms with E-state index in [2.05, 4.69) is 18.9 Å². The van der Waals surface area contributed by atoms with Gasteiger partial charge in [-0.3, -0.25) is 0 Å². The van der Waals surface area contributed by atoms with Gasteiger partial charge in [0.1, 0.15) is 13.2 Å². The van der Waals surface area contributed by atoms with E-state index in [0.717, 1.165) is 7.11 Å². The Morgan fingerprint density at radius 2 is 1.50 bits per heavy atom. The van der Waals surface area contributed by atoms with Gasteiger partial charge in [-0.25, -0.2) is 9.59 Å². The number of carbonyl (C=O) groups excluding carboxylic acids is 2. The van der Waals surface area contributed by atoms with Crippen molar-refractivity contribution in [3.8, 4) is 0 Å². The number of hydrogen-bond donors (Lipinski definition) is 0. The van der Waals surface area contributed by atoms with E-state index in [-0.39, 0.29) is 6.61 Å². The number of rotatable bonds is 4. The van der Waals surface area contributed by atoms with Crippen LogP contribution in [0.25, 0.3) is 0 Å². The van der Waals surface area contributed by atoms with Gasteiger partial charge in [0, 0.05) is 0 Å². The Bertz CT molecular complexity index is 239. The van der Waals surface area contributed by atoms with Gasteiger partial charge in [0.15, 0.2) is 6.61 Å². The summed E-state index contributed by atoms with van der Waals surface area (Å²) in [6.07, 6.45) is -7.10. The van der Waals surface area contributed by atoms with Gasteiger partial charge in [0.25, 0.3) is 0 Å². The van der Waals surface area contributed by atoms with Crippen LogP contribution < -0.4 is 0 Å².